The van der Waals surface area contributed by atoms with Gasteiger partial charge in [0.2, 0.25) is 5.91 Å². The van der Waals surface area contributed by atoms with Crippen LogP contribution in [0.2, 0.25) is 0 Å². The molecule has 1 amide bonds. The van der Waals surface area contributed by atoms with Crippen molar-refractivity contribution >= 4 is 24.0 Å². The molecule has 4 heteroatoms. The van der Waals surface area contributed by atoms with Gasteiger partial charge in [0.05, 0.1) is 6.04 Å². The maximum absolute atomic E-state index is 12.1. The van der Waals surface area contributed by atoms with Crippen molar-refractivity contribution in [3.63, 3.8) is 0 Å². The molecule has 3 N–H and O–H groups in total. The molecule has 1 atom stereocenters. The van der Waals surface area contributed by atoms with Crippen LogP contribution >= 0.6 is 12.4 Å². The van der Waals surface area contributed by atoms with Crippen LogP contribution in [0.15, 0.2) is 18.2 Å². The number of amides is 1. The number of carbonyl (C=O) groups is 1. The molecule has 0 heterocycles. The molecule has 1 aromatic carbocycles. The van der Waals surface area contributed by atoms with Gasteiger partial charge in [-0.15, -0.1) is 12.4 Å². The molecule has 1 fully saturated rings. The number of halogens is 1. The summed E-state index contributed by atoms with van der Waals surface area (Å²) in [4.78, 5) is 12.1. The van der Waals surface area contributed by atoms with Gasteiger partial charge in [-0.25, -0.2) is 0 Å². The van der Waals surface area contributed by atoms with Crippen LogP contribution in [0.3, 0.4) is 0 Å². The highest BCUT2D eigenvalue weighted by molar-refractivity contribution is 5.85. The number of hydrogen-bond donors (Lipinski definition) is 2. The molecule has 0 radical (unpaired) electrons. The van der Waals surface area contributed by atoms with Gasteiger partial charge in [-0.3, -0.25) is 4.79 Å². The lowest BCUT2D eigenvalue weighted by molar-refractivity contribution is -0.123. The van der Waals surface area contributed by atoms with Crippen molar-refractivity contribution in [1.82, 2.24) is 5.32 Å². The van der Waals surface area contributed by atoms with Crippen LogP contribution in [-0.4, -0.2) is 5.91 Å². The first-order valence-electron chi connectivity index (χ1n) is 7.40. The number of rotatable bonds is 3. The van der Waals surface area contributed by atoms with Crippen molar-refractivity contribution in [3.05, 3.63) is 29.3 Å². The Bertz CT molecular complexity index is 485. The number of nitrogens with two attached hydrogens (primary N) is 1. The number of nitrogens with one attached hydrogen (secondary N) is 1. The van der Waals surface area contributed by atoms with E-state index in [1.807, 2.05) is 6.07 Å². The fourth-order valence-corrected chi connectivity index (χ4v) is 3.20. The summed E-state index contributed by atoms with van der Waals surface area (Å²) in [5.41, 5.74) is 9.22. The van der Waals surface area contributed by atoms with Gasteiger partial charge >= 0.3 is 0 Å². The Labute approximate surface area is 126 Å². The molecule has 1 saturated carbocycles. The summed E-state index contributed by atoms with van der Waals surface area (Å²) in [6.45, 7) is 0. The summed E-state index contributed by atoms with van der Waals surface area (Å²) >= 11 is 0. The lowest BCUT2D eigenvalue weighted by Crippen LogP contribution is -2.33. The molecule has 2 aliphatic rings. The van der Waals surface area contributed by atoms with Gasteiger partial charge in [-0.1, -0.05) is 12.5 Å². The molecule has 3 rings (SSSR count). The minimum Gasteiger partial charge on any atom is -0.399 e. The molecular weight excluding hydrogens is 272 g/mol. The molecule has 0 bridgehead atoms. The molecule has 0 aromatic heterocycles. The Balaban J connectivity index is 0.00000147. The molecule has 1 aromatic rings. The minimum absolute atomic E-state index is 0. The number of hydrogen-bond acceptors (Lipinski definition) is 2. The van der Waals surface area contributed by atoms with Gasteiger partial charge in [-0.05, 0) is 61.3 Å². The van der Waals surface area contributed by atoms with Crippen LogP contribution < -0.4 is 11.1 Å². The van der Waals surface area contributed by atoms with E-state index in [4.69, 9.17) is 5.73 Å². The standard InChI is InChI=1S/C16H22N2O.ClH/c17-13-7-8-14-12(10-13)5-2-6-15(14)18-16(19)9-11-3-1-4-11;/h7-8,10-11,15H,1-6,9,17H2,(H,18,19);1H. The molecular formula is C16H23ClN2O. The summed E-state index contributed by atoms with van der Waals surface area (Å²) in [5.74, 6) is 0.855. The first kappa shape index (κ1) is 15.2. The number of fused-ring (bicyclic) bond motifs is 1. The van der Waals surface area contributed by atoms with E-state index in [-0.39, 0.29) is 24.4 Å². The van der Waals surface area contributed by atoms with Crippen LogP contribution in [0.5, 0.6) is 0 Å². The average Bonchev–Trinajstić information content (AvgIpc) is 2.34. The van der Waals surface area contributed by atoms with E-state index in [9.17, 15) is 4.79 Å². The Morgan fingerprint density at radius 3 is 2.75 bits per heavy atom. The van der Waals surface area contributed by atoms with Crippen molar-refractivity contribution in [3.8, 4) is 0 Å². The van der Waals surface area contributed by atoms with E-state index in [0.717, 1.165) is 24.9 Å². The Kier molecular flexibility index (Phi) is 4.92. The maximum atomic E-state index is 12.1. The third-order valence-corrected chi connectivity index (χ3v) is 4.52. The predicted molar refractivity (Wildman–Crippen MR) is 83.9 cm³/mol. The van der Waals surface area contributed by atoms with Gasteiger partial charge in [0.1, 0.15) is 0 Å². The molecule has 0 saturated heterocycles. The number of benzene rings is 1. The number of nitrogen functional groups attached to an aromatic ring is 1. The van der Waals surface area contributed by atoms with Crippen molar-refractivity contribution in [2.45, 2.75) is 51.0 Å². The van der Waals surface area contributed by atoms with E-state index in [1.165, 1.54) is 30.4 Å². The van der Waals surface area contributed by atoms with Gasteiger partial charge < -0.3 is 11.1 Å². The van der Waals surface area contributed by atoms with Crippen LogP contribution in [-0.2, 0) is 11.2 Å². The summed E-state index contributed by atoms with van der Waals surface area (Å²) in [5, 5.41) is 3.21. The lowest BCUT2D eigenvalue weighted by Gasteiger charge is -2.29. The fourth-order valence-electron chi connectivity index (χ4n) is 3.20. The predicted octanol–water partition coefficient (Wildman–Crippen LogP) is 3.37. The first-order valence-corrected chi connectivity index (χ1v) is 7.40. The normalized spacial score (nSPS) is 21.3. The Morgan fingerprint density at radius 1 is 1.25 bits per heavy atom. The molecule has 0 aliphatic heterocycles. The highest BCUT2D eigenvalue weighted by Gasteiger charge is 2.25. The van der Waals surface area contributed by atoms with E-state index >= 15 is 0 Å². The van der Waals surface area contributed by atoms with E-state index < -0.39 is 0 Å². The minimum atomic E-state index is 0. The zero-order valence-electron chi connectivity index (χ0n) is 11.7. The van der Waals surface area contributed by atoms with E-state index in [1.54, 1.807) is 0 Å². The largest absolute Gasteiger partial charge is 0.399 e. The van der Waals surface area contributed by atoms with E-state index in [0.29, 0.717) is 12.3 Å². The SMILES string of the molecule is Cl.Nc1ccc2c(c1)CCCC2NC(=O)CC1CCC1. The summed E-state index contributed by atoms with van der Waals surface area (Å²) in [7, 11) is 0. The quantitative estimate of drug-likeness (QED) is 0.840. The maximum Gasteiger partial charge on any atom is 0.220 e. The second kappa shape index (κ2) is 6.49. The second-order valence-corrected chi connectivity index (χ2v) is 5.97. The molecule has 0 spiro atoms. The van der Waals surface area contributed by atoms with Crippen LogP contribution in [0.1, 0.15) is 55.7 Å². The van der Waals surface area contributed by atoms with Gasteiger partial charge in [-0.2, -0.15) is 0 Å². The molecule has 20 heavy (non-hydrogen) atoms. The molecule has 110 valence electrons. The van der Waals surface area contributed by atoms with Gasteiger partial charge in [0.15, 0.2) is 0 Å². The van der Waals surface area contributed by atoms with Crippen molar-refractivity contribution in [2.75, 3.05) is 5.73 Å². The third kappa shape index (κ3) is 3.26. The Hall–Kier alpha value is -1.22. The second-order valence-electron chi connectivity index (χ2n) is 5.97. The van der Waals surface area contributed by atoms with Gasteiger partial charge in [0.25, 0.3) is 0 Å². The van der Waals surface area contributed by atoms with Gasteiger partial charge in [0, 0.05) is 12.1 Å². The fraction of sp³-hybridized carbons (Fsp3) is 0.562. The third-order valence-electron chi connectivity index (χ3n) is 4.52. The highest BCUT2D eigenvalue weighted by Crippen LogP contribution is 2.32. The van der Waals surface area contributed by atoms with Crippen LogP contribution in [0.25, 0.3) is 0 Å². The summed E-state index contributed by atoms with van der Waals surface area (Å²) in [6, 6.07) is 6.27. The zero-order chi connectivity index (χ0) is 13.2. The smallest absolute Gasteiger partial charge is 0.220 e. The molecule has 3 nitrogen and oxygen atoms in total. The lowest BCUT2D eigenvalue weighted by atomic mass is 9.82. The monoisotopic (exact) mass is 294 g/mol. The Morgan fingerprint density at radius 2 is 2.05 bits per heavy atom. The zero-order valence-corrected chi connectivity index (χ0v) is 12.5. The van der Waals surface area contributed by atoms with Crippen molar-refractivity contribution in [2.24, 2.45) is 5.92 Å². The number of carbonyl (C=O) groups excluding carboxylic acids is 1. The van der Waals surface area contributed by atoms with E-state index in [2.05, 4.69) is 17.4 Å². The summed E-state index contributed by atoms with van der Waals surface area (Å²) in [6.07, 6.45) is 7.72. The average molecular weight is 295 g/mol. The highest BCUT2D eigenvalue weighted by atomic mass is 35.5. The first-order chi connectivity index (χ1) is 9.22. The number of anilines is 1. The number of aryl methyl sites for hydroxylation is 1. The topological polar surface area (TPSA) is 55.1 Å². The van der Waals surface area contributed by atoms with Crippen molar-refractivity contribution < 1.29 is 4.79 Å². The molecule has 2 aliphatic carbocycles. The van der Waals surface area contributed by atoms with Crippen LogP contribution in [0, 0.1) is 5.92 Å². The van der Waals surface area contributed by atoms with Crippen LogP contribution in [0.4, 0.5) is 5.69 Å². The summed E-state index contributed by atoms with van der Waals surface area (Å²) < 4.78 is 0. The van der Waals surface area contributed by atoms with Crippen molar-refractivity contribution in [1.29, 1.82) is 0 Å². The molecule has 1 unspecified atom stereocenters.